The van der Waals surface area contributed by atoms with E-state index in [2.05, 4.69) is 10.5 Å². The number of nitrogens with one attached hydrogen (secondary N) is 1. The number of halogens is 1. The van der Waals surface area contributed by atoms with Gasteiger partial charge in [0.05, 0.1) is 0 Å². The van der Waals surface area contributed by atoms with Gasteiger partial charge in [0, 0.05) is 6.04 Å². The number of anilines is 1. The molecule has 106 valence electrons. The average molecular weight is 296 g/mol. The largest absolute Gasteiger partial charge is 0.443 e. The van der Waals surface area contributed by atoms with Crippen LogP contribution in [0.1, 0.15) is 36.0 Å². The Morgan fingerprint density at radius 2 is 2.15 bits per heavy atom. The van der Waals surface area contributed by atoms with Crippen LogP contribution in [0, 0.1) is 0 Å². The zero-order valence-electron chi connectivity index (χ0n) is 10.7. The van der Waals surface area contributed by atoms with Gasteiger partial charge >= 0.3 is 0 Å². The topological polar surface area (TPSA) is 94.3 Å². The molecule has 2 heterocycles. The molecule has 0 aliphatic heterocycles. The van der Waals surface area contributed by atoms with Crippen LogP contribution >= 0.6 is 11.6 Å². The summed E-state index contributed by atoms with van der Waals surface area (Å²) < 4.78 is 10.2. The zero-order chi connectivity index (χ0) is 14.1. The summed E-state index contributed by atoms with van der Waals surface area (Å²) in [4.78, 5) is 12.3. The maximum Gasteiger partial charge on any atom is 0.259 e. The molecule has 1 aliphatic carbocycles. The Morgan fingerprint density at radius 3 is 2.80 bits per heavy atom. The minimum Gasteiger partial charge on any atom is -0.443 e. The molecule has 0 bridgehead atoms. The number of carbonyl (C=O) groups excluding carboxylic acids is 1. The maximum atomic E-state index is 12.3. The van der Waals surface area contributed by atoms with E-state index >= 15 is 0 Å². The summed E-state index contributed by atoms with van der Waals surface area (Å²) in [6, 6.07) is 3.37. The van der Waals surface area contributed by atoms with Crippen molar-refractivity contribution in [1.29, 1.82) is 0 Å². The van der Waals surface area contributed by atoms with Gasteiger partial charge < -0.3 is 20.0 Å². The lowest BCUT2D eigenvalue weighted by atomic mass is 10.1. The highest BCUT2D eigenvalue weighted by atomic mass is 35.5. The van der Waals surface area contributed by atoms with Crippen molar-refractivity contribution in [3.63, 3.8) is 0 Å². The van der Waals surface area contributed by atoms with Gasteiger partial charge in [-0.3, -0.25) is 4.79 Å². The third kappa shape index (κ3) is 2.38. The summed E-state index contributed by atoms with van der Waals surface area (Å²) in [5.41, 5.74) is 6.16. The van der Waals surface area contributed by atoms with Crippen LogP contribution in [0.4, 0.5) is 5.88 Å². The highest BCUT2D eigenvalue weighted by Gasteiger charge is 2.27. The van der Waals surface area contributed by atoms with Crippen molar-refractivity contribution in [1.82, 2.24) is 10.5 Å². The summed E-state index contributed by atoms with van der Waals surface area (Å²) in [6.45, 7) is 0. The van der Waals surface area contributed by atoms with Crippen LogP contribution < -0.4 is 11.1 Å². The molecule has 7 heteroatoms. The highest BCUT2D eigenvalue weighted by molar-refractivity contribution is 6.29. The number of hydrogen-bond acceptors (Lipinski definition) is 5. The molecular weight excluding hydrogens is 282 g/mol. The monoisotopic (exact) mass is 295 g/mol. The normalized spacial score (nSPS) is 15.7. The minimum absolute atomic E-state index is 0.0250. The van der Waals surface area contributed by atoms with Gasteiger partial charge in [0.2, 0.25) is 5.88 Å². The number of nitrogens with zero attached hydrogens (tertiary/aromatic N) is 1. The fraction of sp³-hybridized carbons (Fsp3) is 0.385. The van der Waals surface area contributed by atoms with Crippen LogP contribution in [0.15, 0.2) is 21.1 Å². The van der Waals surface area contributed by atoms with Crippen molar-refractivity contribution in [2.45, 2.75) is 31.7 Å². The molecule has 0 unspecified atom stereocenters. The molecule has 1 aliphatic rings. The van der Waals surface area contributed by atoms with Crippen LogP contribution in [0.3, 0.4) is 0 Å². The van der Waals surface area contributed by atoms with E-state index in [0.29, 0.717) is 5.76 Å². The lowest BCUT2D eigenvalue weighted by molar-refractivity contribution is 0.0939. The quantitative estimate of drug-likeness (QED) is 0.908. The summed E-state index contributed by atoms with van der Waals surface area (Å²) in [7, 11) is 0. The molecule has 6 nitrogen and oxygen atoms in total. The van der Waals surface area contributed by atoms with Crippen LogP contribution in [0.2, 0.25) is 5.22 Å². The molecule has 1 fully saturated rings. The summed E-state index contributed by atoms with van der Waals surface area (Å²) in [6.07, 6.45) is 4.23. The molecule has 0 atom stereocenters. The van der Waals surface area contributed by atoms with Gasteiger partial charge in [-0.25, -0.2) is 0 Å². The molecule has 2 aromatic rings. The first-order valence-corrected chi connectivity index (χ1v) is 6.84. The van der Waals surface area contributed by atoms with Crippen molar-refractivity contribution in [3.05, 3.63) is 22.9 Å². The molecule has 3 rings (SSSR count). The second kappa shape index (κ2) is 5.20. The molecule has 0 radical (unpaired) electrons. The Kier molecular flexibility index (Phi) is 3.40. The van der Waals surface area contributed by atoms with Crippen molar-refractivity contribution < 1.29 is 13.7 Å². The summed E-state index contributed by atoms with van der Waals surface area (Å²) >= 11 is 5.73. The van der Waals surface area contributed by atoms with Gasteiger partial charge in [0.15, 0.2) is 16.7 Å². The Balaban J connectivity index is 1.88. The second-order valence-electron chi connectivity index (χ2n) is 4.83. The fourth-order valence-corrected chi connectivity index (χ4v) is 2.61. The Morgan fingerprint density at radius 1 is 1.40 bits per heavy atom. The third-order valence-corrected chi connectivity index (χ3v) is 3.65. The third-order valence-electron chi connectivity index (χ3n) is 3.44. The molecule has 2 aromatic heterocycles. The number of amides is 1. The number of nitrogens with two attached hydrogens (primary N) is 1. The smallest absolute Gasteiger partial charge is 0.259 e. The number of furan rings is 1. The number of carbonyl (C=O) groups is 1. The Hall–Kier alpha value is -1.95. The number of hydrogen-bond donors (Lipinski definition) is 2. The van der Waals surface area contributed by atoms with E-state index in [0.717, 1.165) is 25.7 Å². The molecule has 0 spiro atoms. The van der Waals surface area contributed by atoms with Crippen molar-refractivity contribution in [2.24, 2.45) is 0 Å². The van der Waals surface area contributed by atoms with Gasteiger partial charge in [0.1, 0.15) is 5.56 Å². The molecule has 0 aromatic carbocycles. The lowest BCUT2D eigenvalue weighted by Gasteiger charge is -2.11. The first kappa shape index (κ1) is 13.1. The van der Waals surface area contributed by atoms with E-state index in [1.807, 2.05) is 0 Å². The molecule has 20 heavy (non-hydrogen) atoms. The minimum atomic E-state index is -0.293. The first-order valence-electron chi connectivity index (χ1n) is 6.47. The Labute approximate surface area is 120 Å². The van der Waals surface area contributed by atoms with E-state index in [1.54, 1.807) is 12.1 Å². The summed E-state index contributed by atoms with van der Waals surface area (Å²) in [5.74, 6) is 0.0354. The second-order valence-corrected chi connectivity index (χ2v) is 5.20. The van der Waals surface area contributed by atoms with Crippen LogP contribution in [0.5, 0.6) is 0 Å². The van der Waals surface area contributed by atoms with Gasteiger partial charge in [0.25, 0.3) is 5.91 Å². The lowest BCUT2D eigenvalue weighted by Crippen LogP contribution is -2.33. The summed E-state index contributed by atoms with van der Waals surface area (Å²) in [5, 5.41) is 6.94. The SMILES string of the molecule is Nc1onc(-c2ccc(Cl)o2)c1C(=O)NC1CCCC1. The van der Waals surface area contributed by atoms with E-state index in [9.17, 15) is 4.79 Å². The van der Waals surface area contributed by atoms with E-state index in [4.69, 9.17) is 26.3 Å². The molecule has 1 saturated carbocycles. The zero-order valence-corrected chi connectivity index (χ0v) is 11.4. The average Bonchev–Trinajstić information content (AvgIpc) is 3.10. The molecule has 0 saturated heterocycles. The van der Waals surface area contributed by atoms with Crippen LogP contribution in [0.25, 0.3) is 11.5 Å². The fourth-order valence-electron chi connectivity index (χ4n) is 2.46. The predicted molar refractivity (Wildman–Crippen MR) is 73.3 cm³/mol. The van der Waals surface area contributed by atoms with Crippen LogP contribution in [-0.4, -0.2) is 17.1 Å². The highest BCUT2D eigenvalue weighted by Crippen LogP contribution is 2.30. The maximum absolute atomic E-state index is 12.3. The van der Waals surface area contributed by atoms with Gasteiger partial charge in [-0.1, -0.05) is 18.0 Å². The number of aromatic nitrogens is 1. The number of rotatable bonds is 3. The van der Waals surface area contributed by atoms with Gasteiger partial charge in [-0.15, -0.1) is 0 Å². The van der Waals surface area contributed by atoms with Gasteiger partial charge in [-0.2, -0.15) is 0 Å². The van der Waals surface area contributed by atoms with Crippen molar-refractivity contribution >= 4 is 23.4 Å². The number of nitrogen functional groups attached to an aromatic ring is 1. The van der Waals surface area contributed by atoms with E-state index in [-0.39, 0.29) is 34.3 Å². The first-order chi connectivity index (χ1) is 9.65. The van der Waals surface area contributed by atoms with E-state index in [1.165, 1.54) is 0 Å². The Bertz CT molecular complexity index is 629. The van der Waals surface area contributed by atoms with Crippen LogP contribution in [-0.2, 0) is 0 Å². The van der Waals surface area contributed by atoms with Crippen molar-refractivity contribution in [3.8, 4) is 11.5 Å². The predicted octanol–water partition coefficient (Wildman–Crippen LogP) is 2.84. The standard InChI is InChI=1S/C13H14ClN3O3/c14-9-6-5-8(19-9)11-10(12(15)20-17-11)13(18)16-7-3-1-2-4-7/h5-7H,1-4,15H2,(H,16,18). The van der Waals surface area contributed by atoms with Crippen molar-refractivity contribution in [2.75, 3.05) is 5.73 Å². The molecule has 1 amide bonds. The molecular formula is C13H14ClN3O3. The van der Waals surface area contributed by atoms with E-state index < -0.39 is 0 Å². The van der Waals surface area contributed by atoms with Gasteiger partial charge in [-0.05, 0) is 36.6 Å². The molecule has 3 N–H and O–H groups in total.